The molecule has 2 N–H and O–H groups in total. The largest absolute Gasteiger partial charge is 0.352 e. The van der Waals surface area contributed by atoms with Crippen LogP contribution in [-0.4, -0.2) is 24.0 Å². The van der Waals surface area contributed by atoms with Gasteiger partial charge in [0.15, 0.2) is 0 Å². The van der Waals surface area contributed by atoms with Gasteiger partial charge >= 0.3 is 0 Å². The molecule has 1 rings (SSSR count). The predicted molar refractivity (Wildman–Crippen MR) is 76.5 cm³/mol. The van der Waals surface area contributed by atoms with Crippen molar-refractivity contribution in [1.29, 1.82) is 0 Å². The van der Waals surface area contributed by atoms with Gasteiger partial charge in [-0.05, 0) is 39.0 Å². The van der Waals surface area contributed by atoms with E-state index in [9.17, 15) is 4.79 Å². The van der Waals surface area contributed by atoms with Crippen LogP contribution in [0, 0.1) is 5.92 Å². The first-order chi connectivity index (χ1) is 8.58. The molecule has 1 saturated carbocycles. The summed E-state index contributed by atoms with van der Waals surface area (Å²) in [5.74, 6) is 0.891. The number of rotatable bonds is 6. The summed E-state index contributed by atoms with van der Waals surface area (Å²) in [5.41, 5.74) is 0. The van der Waals surface area contributed by atoms with Crippen LogP contribution in [0.2, 0.25) is 0 Å². The van der Waals surface area contributed by atoms with Gasteiger partial charge in [0.05, 0.1) is 6.04 Å². The molecule has 1 amide bonds. The van der Waals surface area contributed by atoms with E-state index in [0.29, 0.717) is 6.04 Å². The third kappa shape index (κ3) is 4.60. The normalized spacial score (nSPS) is 27.6. The molecule has 1 fully saturated rings. The minimum absolute atomic E-state index is 0.0730. The van der Waals surface area contributed by atoms with Gasteiger partial charge in [0.1, 0.15) is 0 Å². The van der Waals surface area contributed by atoms with Gasteiger partial charge in [-0.3, -0.25) is 4.79 Å². The summed E-state index contributed by atoms with van der Waals surface area (Å²) in [4.78, 5) is 12.0. The van der Waals surface area contributed by atoms with Crippen LogP contribution in [0.15, 0.2) is 0 Å². The molecule has 0 saturated heterocycles. The van der Waals surface area contributed by atoms with Crippen molar-refractivity contribution in [1.82, 2.24) is 10.6 Å². The molecule has 1 aliphatic rings. The second-order valence-corrected chi connectivity index (χ2v) is 5.77. The van der Waals surface area contributed by atoms with Crippen LogP contribution in [0.4, 0.5) is 0 Å². The van der Waals surface area contributed by atoms with Crippen molar-refractivity contribution >= 4 is 5.91 Å². The highest BCUT2D eigenvalue weighted by atomic mass is 16.2. The van der Waals surface area contributed by atoms with E-state index in [1.807, 2.05) is 6.92 Å². The first kappa shape index (κ1) is 15.5. The van der Waals surface area contributed by atoms with E-state index in [0.717, 1.165) is 12.3 Å². The lowest BCUT2D eigenvalue weighted by atomic mass is 9.82. The van der Waals surface area contributed by atoms with Gasteiger partial charge in [0.25, 0.3) is 0 Å². The summed E-state index contributed by atoms with van der Waals surface area (Å²) in [6, 6.07) is 0.729. The Kier molecular flexibility index (Phi) is 6.69. The molecule has 0 aromatic rings. The molecule has 4 atom stereocenters. The molecule has 1 aliphatic carbocycles. The zero-order valence-electron chi connectivity index (χ0n) is 12.5. The summed E-state index contributed by atoms with van der Waals surface area (Å²) < 4.78 is 0. The van der Waals surface area contributed by atoms with Crippen LogP contribution in [0.3, 0.4) is 0 Å². The van der Waals surface area contributed by atoms with Crippen molar-refractivity contribution in [3.05, 3.63) is 0 Å². The lowest BCUT2D eigenvalue weighted by molar-refractivity contribution is -0.123. The number of nitrogens with one attached hydrogen (secondary N) is 2. The Bertz CT molecular complexity index is 255. The van der Waals surface area contributed by atoms with Crippen LogP contribution in [0.5, 0.6) is 0 Å². The second kappa shape index (κ2) is 7.78. The lowest BCUT2D eigenvalue weighted by Crippen LogP contribution is -2.51. The van der Waals surface area contributed by atoms with Crippen LogP contribution in [-0.2, 0) is 4.79 Å². The molecule has 3 heteroatoms. The van der Waals surface area contributed by atoms with E-state index in [1.165, 1.54) is 32.1 Å². The summed E-state index contributed by atoms with van der Waals surface area (Å²) >= 11 is 0. The summed E-state index contributed by atoms with van der Waals surface area (Å²) in [7, 11) is 0. The highest BCUT2D eigenvalue weighted by Gasteiger charge is 2.26. The monoisotopic (exact) mass is 254 g/mol. The summed E-state index contributed by atoms with van der Waals surface area (Å²) in [6.45, 7) is 8.39. The van der Waals surface area contributed by atoms with Gasteiger partial charge < -0.3 is 10.6 Å². The third-order valence-electron chi connectivity index (χ3n) is 4.29. The van der Waals surface area contributed by atoms with E-state index in [1.54, 1.807) is 0 Å². The molecule has 0 bridgehead atoms. The zero-order valence-corrected chi connectivity index (χ0v) is 12.5. The smallest absolute Gasteiger partial charge is 0.237 e. The van der Waals surface area contributed by atoms with E-state index in [4.69, 9.17) is 0 Å². The molecular formula is C15H30N2O. The van der Waals surface area contributed by atoms with Gasteiger partial charge in [-0.15, -0.1) is 0 Å². The van der Waals surface area contributed by atoms with E-state index in [2.05, 4.69) is 31.4 Å². The highest BCUT2D eigenvalue weighted by molar-refractivity contribution is 5.81. The van der Waals surface area contributed by atoms with Crippen molar-refractivity contribution in [2.24, 2.45) is 5.92 Å². The van der Waals surface area contributed by atoms with Crippen LogP contribution in [0.1, 0.15) is 66.2 Å². The van der Waals surface area contributed by atoms with Crippen LogP contribution in [0.25, 0.3) is 0 Å². The Morgan fingerprint density at radius 2 is 1.89 bits per heavy atom. The van der Waals surface area contributed by atoms with E-state index < -0.39 is 0 Å². The highest BCUT2D eigenvalue weighted by Crippen LogP contribution is 2.27. The van der Waals surface area contributed by atoms with Crippen LogP contribution >= 0.6 is 0 Å². The van der Waals surface area contributed by atoms with Crippen molar-refractivity contribution in [2.75, 3.05) is 0 Å². The standard InChI is InChI=1S/C15H30N2O/c1-5-11(3)16-15(18)12(4)17-14-10-8-7-9-13(14)6-2/h11-14,17H,5-10H2,1-4H3,(H,16,18). The predicted octanol–water partition coefficient (Wildman–Crippen LogP) is 2.85. The number of hydrogen-bond acceptors (Lipinski definition) is 2. The minimum atomic E-state index is -0.0730. The van der Waals surface area contributed by atoms with Gasteiger partial charge in [-0.25, -0.2) is 0 Å². The maximum Gasteiger partial charge on any atom is 0.237 e. The van der Waals surface area contributed by atoms with Crippen molar-refractivity contribution in [3.63, 3.8) is 0 Å². The molecule has 18 heavy (non-hydrogen) atoms. The Labute approximate surface area is 112 Å². The molecule has 0 radical (unpaired) electrons. The quantitative estimate of drug-likeness (QED) is 0.765. The van der Waals surface area contributed by atoms with Crippen molar-refractivity contribution in [3.8, 4) is 0 Å². The summed E-state index contributed by atoms with van der Waals surface area (Å²) in [6.07, 6.45) is 7.39. The van der Waals surface area contributed by atoms with Gasteiger partial charge in [0, 0.05) is 12.1 Å². The molecule has 4 unspecified atom stereocenters. The van der Waals surface area contributed by atoms with Gasteiger partial charge in [0.2, 0.25) is 5.91 Å². The maximum absolute atomic E-state index is 12.0. The van der Waals surface area contributed by atoms with E-state index >= 15 is 0 Å². The third-order valence-corrected chi connectivity index (χ3v) is 4.29. The fourth-order valence-electron chi connectivity index (χ4n) is 2.78. The summed E-state index contributed by atoms with van der Waals surface area (Å²) in [5, 5.41) is 6.59. The van der Waals surface area contributed by atoms with Crippen molar-refractivity contribution < 1.29 is 4.79 Å². The van der Waals surface area contributed by atoms with Crippen LogP contribution < -0.4 is 10.6 Å². The zero-order chi connectivity index (χ0) is 13.5. The first-order valence-corrected chi connectivity index (χ1v) is 7.64. The topological polar surface area (TPSA) is 41.1 Å². The number of carbonyl (C=O) groups excluding carboxylic acids is 1. The van der Waals surface area contributed by atoms with Gasteiger partial charge in [-0.2, -0.15) is 0 Å². The van der Waals surface area contributed by atoms with Crippen molar-refractivity contribution in [2.45, 2.75) is 84.3 Å². The molecule has 0 heterocycles. The molecule has 0 aromatic heterocycles. The first-order valence-electron chi connectivity index (χ1n) is 7.64. The number of carbonyl (C=O) groups is 1. The maximum atomic E-state index is 12.0. The lowest BCUT2D eigenvalue weighted by Gasteiger charge is -2.33. The Morgan fingerprint density at radius 1 is 1.22 bits per heavy atom. The van der Waals surface area contributed by atoms with Gasteiger partial charge in [-0.1, -0.05) is 33.1 Å². The molecule has 0 aliphatic heterocycles. The Balaban J connectivity index is 2.42. The molecule has 0 spiro atoms. The molecular weight excluding hydrogens is 224 g/mol. The molecule has 0 aromatic carbocycles. The molecule has 3 nitrogen and oxygen atoms in total. The Hall–Kier alpha value is -0.570. The van der Waals surface area contributed by atoms with E-state index in [-0.39, 0.29) is 18.0 Å². The molecule has 106 valence electrons. The number of amides is 1. The fraction of sp³-hybridized carbons (Fsp3) is 0.933. The number of hydrogen-bond donors (Lipinski definition) is 2. The fourth-order valence-corrected chi connectivity index (χ4v) is 2.78. The minimum Gasteiger partial charge on any atom is -0.352 e. The Morgan fingerprint density at radius 3 is 2.50 bits per heavy atom. The second-order valence-electron chi connectivity index (χ2n) is 5.77. The average molecular weight is 254 g/mol. The average Bonchev–Trinajstić information content (AvgIpc) is 2.39. The SMILES string of the molecule is CCC(C)NC(=O)C(C)NC1CCCCC1CC.